The zero-order valence-electron chi connectivity index (χ0n) is 9.65. The molecule has 88 valence electrons. The summed E-state index contributed by atoms with van der Waals surface area (Å²) >= 11 is 0. The summed E-state index contributed by atoms with van der Waals surface area (Å²) in [5, 5.41) is 10.1. The number of nitrogen functional groups attached to an aromatic ring is 1. The van der Waals surface area contributed by atoms with Gasteiger partial charge in [0.1, 0.15) is 5.75 Å². The van der Waals surface area contributed by atoms with Crippen LogP contribution in [-0.2, 0) is 0 Å². The molecule has 1 aromatic carbocycles. The lowest BCUT2D eigenvalue weighted by atomic mass is 9.80. The lowest BCUT2D eigenvalue weighted by molar-refractivity contribution is 0.119. The van der Waals surface area contributed by atoms with Crippen LogP contribution in [-0.4, -0.2) is 12.2 Å². The van der Waals surface area contributed by atoms with E-state index in [1.807, 2.05) is 18.2 Å². The van der Waals surface area contributed by atoms with Crippen molar-refractivity contribution in [2.24, 2.45) is 5.92 Å². The Labute approximate surface area is 96.2 Å². The zero-order valence-corrected chi connectivity index (χ0v) is 9.65. The van der Waals surface area contributed by atoms with Gasteiger partial charge >= 0.3 is 0 Å². The number of hydrogen-bond donors (Lipinski definition) is 2. The van der Waals surface area contributed by atoms with Gasteiger partial charge in [0.25, 0.3) is 0 Å². The topological polar surface area (TPSA) is 55.5 Å². The van der Waals surface area contributed by atoms with Crippen LogP contribution in [0.2, 0.25) is 0 Å². The van der Waals surface area contributed by atoms with E-state index in [-0.39, 0.29) is 0 Å². The summed E-state index contributed by atoms with van der Waals surface area (Å²) < 4.78 is 5.14. The van der Waals surface area contributed by atoms with Crippen LogP contribution in [0.15, 0.2) is 18.2 Å². The SMILES string of the molecule is COc1cccc(C(O)CC2CCC2)c1N. The maximum absolute atomic E-state index is 10.1. The Morgan fingerprint density at radius 1 is 1.50 bits per heavy atom. The van der Waals surface area contributed by atoms with E-state index in [1.165, 1.54) is 19.3 Å². The van der Waals surface area contributed by atoms with Crippen molar-refractivity contribution < 1.29 is 9.84 Å². The molecular formula is C13H19NO2. The van der Waals surface area contributed by atoms with Crippen molar-refractivity contribution in [3.8, 4) is 5.75 Å². The van der Waals surface area contributed by atoms with Gasteiger partial charge in [-0.1, -0.05) is 31.4 Å². The molecule has 1 saturated carbocycles. The summed E-state index contributed by atoms with van der Waals surface area (Å²) in [5.74, 6) is 1.31. The molecule has 1 aromatic rings. The number of benzene rings is 1. The van der Waals surface area contributed by atoms with Gasteiger partial charge in [-0.25, -0.2) is 0 Å². The molecule has 0 bridgehead atoms. The smallest absolute Gasteiger partial charge is 0.142 e. The van der Waals surface area contributed by atoms with Gasteiger partial charge < -0.3 is 15.6 Å². The molecule has 3 heteroatoms. The molecule has 1 aliphatic carbocycles. The van der Waals surface area contributed by atoms with Crippen molar-refractivity contribution in [3.63, 3.8) is 0 Å². The van der Waals surface area contributed by atoms with Crippen LogP contribution >= 0.6 is 0 Å². The van der Waals surface area contributed by atoms with E-state index in [9.17, 15) is 5.11 Å². The molecule has 1 aliphatic rings. The normalized spacial score (nSPS) is 17.9. The number of anilines is 1. The van der Waals surface area contributed by atoms with Gasteiger partial charge in [0.15, 0.2) is 0 Å². The van der Waals surface area contributed by atoms with Crippen LogP contribution in [0.4, 0.5) is 5.69 Å². The summed E-state index contributed by atoms with van der Waals surface area (Å²) in [6, 6.07) is 5.56. The van der Waals surface area contributed by atoms with Gasteiger partial charge in [0.05, 0.1) is 18.9 Å². The number of nitrogens with two attached hydrogens (primary N) is 1. The lowest BCUT2D eigenvalue weighted by Crippen LogP contribution is -2.15. The van der Waals surface area contributed by atoms with Gasteiger partial charge in [-0.05, 0) is 18.4 Å². The fourth-order valence-corrected chi connectivity index (χ4v) is 2.20. The van der Waals surface area contributed by atoms with Crippen LogP contribution in [0.3, 0.4) is 0 Å². The molecule has 16 heavy (non-hydrogen) atoms. The summed E-state index contributed by atoms with van der Waals surface area (Å²) in [4.78, 5) is 0. The van der Waals surface area contributed by atoms with Gasteiger partial charge in [-0.2, -0.15) is 0 Å². The fraction of sp³-hybridized carbons (Fsp3) is 0.538. The van der Waals surface area contributed by atoms with Crippen molar-refractivity contribution in [3.05, 3.63) is 23.8 Å². The molecular weight excluding hydrogens is 202 g/mol. The van der Waals surface area contributed by atoms with Crippen LogP contribution in [0, 0.1) is 5.92 Å². The van der Waals surface area contributed by atoms with E-state index < -0.39 is 6.10 Å². The lowest BCUT2D eigenvalue weighted by Gasteiger charge is -2.28. The monoisotopic (exact) mass is 221 g/mol. The van der Waals surface area contributed by atoms with Crippen molar-refractivity contribution in [2.45, 2.75) is 31.8 Å². The molecule has 0 radical (unpaired) electrons. The highest BCUT2D eigenvalue weighted by Gasteiger charge is 2.23. The highest BCUT2D eigenvalue weighted by Crippen LogP contribution is 2.37. The van der Waals surface area contributed by atoms with Crippen molar-refractivity contribution in [2.75, 3.05) is 12.8 Å². The summed E-state index contributed by atoms with van der Waals surface area (Å²) in [7, 11) is 1.59. The van der Waals surface area contributed by atoms with E-state index in [0.29, 0.717) is 17.4 Å². The van der Waals surface area contributed by atoms with Gasteiger partial charge in [-0.15, -0.1) is 0 Å². The van der Waals surface area contributed by atoms with Crippen molar-refractivity contribution in [1.82, 2.24) is 0 Å². The molecule has 0 amide bonds. The van der Waals surface area contributed by atoms with E-state index in [2.05, 4.69) is 0 Å². The minimum Gasteiger partial charge on any atom is -0.495 e. The predicted molar refractivity (Wildman–Crippen MR) is 64.3 cm³/mol. The molecule has 0 saturated heterocycles. The molecule has 2 rings (SSSR count). The second kappa shape index (κ2) is 4.74. The molecule has 0 aromatic heterocycles. The number of rotatable bonds is 4. The largest absolute Gasteiger partial charge is 0.495 e. The Hall–Kier alpha value is -1.22. The fourth-order valence-electron chi connectivity index (χ4n) is 2.20. The Balaban J connectivity index is 2.11. The first kappa shape index (κ1) is 11.3. The molecule has 0 spiro atoms. The number of methoxy groups -OCH3 is 1. The predicted octanol–water partition coefficient (Wildman–Crippen LogP) is 2.50. The van der Waals surface area contributed by atoms with Crippen LogP contribution in [0.1, 0.15) is 37.4 Å². The first-order chi connectivity index (χ1) is 7.72. The number of aliphatic hydroxyl groups excluding tert-OH is 1. The van der Waals surface area contributed by atoms with E-state index >= 15 is 0 Å². The van der Waals surface area contributed by atoms with E-state index in [4.69, 9.17) is 10.5 Å². The quantitative estimate of drug-likeness (QED) is 0.768. The van der Waals surface area contributed by atoms with Crippen molar-refractivity contribution >= 4 is 5.69 Å². The number of hydrogen-bond acceptors (Lipinski definition) is 3. The highest BCUT2D eigenvalue weighted by atomic mass is 16.5. The first-order valence-corrected chi connectivity index (χ1v) is 5.82. The van der Waals surface area contributed by atoms with Crippen LogP contribution < -0.4 is 10.5 Å². The molecule has 0 aliphatic heterocycles. The first-order valence-electron chi connectivity index (χ1n) is 5.82. The average Bonchev–Trinajstić information content (AvgIpc) is 2.23. The molecule has 1 atom stereocenters. The maximum atomic E-state index is 10.1. The molecule has 1 fully saturated rings. The van der Waals surface area contributed by atoms with Crippen LogP contribution in [0.5, 0.6) is 5.75 Å². The van der Waals surface area contributed by atoms with E-state index in [0.717, 1.165) is 12.0 Å². The standard InChI is InChI=1S/C13H19NO2/c1-16-12-7-3-6-10(13(12)14)11(15)8-9-4-2-5-9/h3,6-7,9,11,15H,2,4-5,8,14H2,1H3. The van der Waals surface area contributed by atoms with E-state index in [1.54, 1.807) is 7.11 Å². The summed E-state index contributed by atoms with van der Waals surface area (Å²) in [6.45, 7) is 0. The summed E-state index contributed by atoms with van der Waals surface area (Å²) in [6.07, 6.45) is 4.13. The highest BCUT2D eigenvalue weighted by molar-refractivity contribution is 5.59. The minimum absolute atomic E-state index is 0.458. The second-order valence-electron chi connectivity index (χ2n) is 4.51. The van der Waals surface area contributed by atoms with Gasteiger partial charge in [-0.3, -0.25) is 0 Å². The Morgan fingerprint density at radius 3 is 2.81 bits per heavy atom. The molecule has 1 unspecified atom stereocenters. The molecule has 3 N–H and O–H groups in total. The number of ether oxygens (including phenoxy) is 1. The minimum atomic E-state index is -0.458. The molecule has 0 heterocycles. The summed E-state index contributed by atoms with van der Waals surface area (Å²) in [5.41, 5.74) is 7.31. The van der Waals surface area contributed by atoms with Gasteiger partial charge in [0, 0.05) is 5.56 Å². The molecule has 3 nitrogen and oxygen atoms in total. The zero-order chi connectivity index (χ0) is 11.5. The third-order valence-electron chi connectivity index (χ3n) is 3.46. The number of aliphatic hydroxyl groups is 1. The van der Waals surface area contributed by atoms with Crippen molar-refractivity contribution in [1.29, 1.82) is 0 Å². The Morgan fingerprint density at radius 2 is 2.25 bits per heavy atom. The third kappa shape index (κ3) is 2.14. The Kier molecular flexibility index (Phi) is 3.34. The van der Waals surface area contributed by atoms with Gasteiger partial charge in [0.2, 0.25) is 0 Å². The maximum Gasteiger partial charge on any atom is 0.142 e. The Bertz CT molecular complexity index is 361. The average molecular weight is 221 g/mol. The van der Waals surface area contributed by atoms with Crippen LogP contribution in [0.25, 0.3) is 0 Å². The number of para-hydroxylation sites is 1. The third-order valence-corrected chi connectivity index (χ3v) is 3.46. The second-order valence-corrected chi connectivity index (χ2v) is 4.51.